The minimum Gasteiger partial charge on any atom is -0.399 e. The molecule has 1 aliphatic rings. The number of nitrogens with one attached hydrogen (secondary N) is 2. The van der Waals surface area contributed by atoms with Crippen LogP contribution in [0, 0.1) is 5.41 Å². The molecule has 0 bridgehead atoms. The first kappa shape index (κ1) is 13.7. The van der Waals surface area contributed by atoms with E-state index in [0.717, 1.165) is 12.2 Å². The smallest absolute Gasteiger partial charge is 0.319 e. The Kier molecular flexibility index (Phi) is 4.30. The zero-order valence-corrected chi connectivity index (χ0v) is 11.5. The molecule has 0 unspecified atom stereocenters. The Hall–Kier alpha value is -1.71. The SMILES string of the molecule is CC1(CNC(=O)Nc2cccc(N)c2)CCCCC1. The van der Waals surface area contributed by atoms with Crippen LogP contribution in [0.25, 0.3) is 0 Å². The van der Waals surface area contributed by atoms with Crippen molar-refractivity contribution in [1.29, 1.82) is 0 Å². The van der Waals surface area contributed by atoms with Crippen molar-refractivity contribution in [2.75, 3.05) is 17.6 Å². The molecular weight excluding hydrogens is 238 g/mol. The van der Waals surface area contributed by atoms with Crippen LogP contribution in [0.5, 0.6) is 0 Å². The molecule has 1 fully saturated rings. The molecule has 0 radical (unpaired) electrons. The minimum absolute atomic E-state index is 0.155. The van der Waals surface area contributed by atoms with E-state index >= 15 is 0 Å². The fourth-order valence-electron chi connectivity index (χ4n) is 2.67. The fraction of sp³-hybridized carbons (Fsp3) is 0.533. The fourth-order valence-corrected chi connectivity index (χ4v) is 2.67. The van der Waals surface area contributed by atoms with Gasteiger partial charge in [0, 0.05) is 17.9 Å². The summed E-state index contributed by atoms with van der Waals surface area (Å²) in [7, 11) is 0. The number of nitrogens with two attached hydrogens (primary N) is 1. The molecular formula is C15H23N3O. The standard InChI is InChI=1S/C15H23N3O/c1-15(8-3-2-4-9-15)11-17-14(19)18-13-7-5-6-12(16)10-13/h5-7,10H,2-4,8-9,11,16H2,1H3,(H2,17,18,19). The van der Waals surface area contributed by atoms with Crippen molar-refractivity contribution in [1.82, 2.24) is 5.32 Å². The maximum atomic E-state index is 11.8. The van der Waals surface area contributed by atoms with E-state index in [2.05, 4.69) is 17.6 Å². The van der Waals surface area contributed by atoms with Gasteiger partial charge in [0.05, 0.1) is 0 Å². The number of hydrogen-bond acceptors (Lipinski definition) is 2. The first-order chi connectivity index (χ1) is 9.07. The van der Waals surface area contributed by atoms with Gasteiger partial charge in [0.2, 0.25) is 0 Å². The Bertz CT molecular complexity index is 439. The van der Waals surface area contributed by atoms with E-state index in [1.807, 2.05) is 12.1 Å². The number of rotatable bonds is 3. The van der Waals surface area contributed by atoms with E-state index in [-0.39, 0.29) is 11.4 Å². The third-order valence-electron chi connectivity index (χ3n) is 3.88. The second-order valence-electron chi connectivity index (χ2n) is 5.80. The zero-order valence-electron chi connectivity index (χ0n) is 11.5. The van der Waals surface area contributed by atoms with E-state index in [1.54, 1.807) is 12.1 Å². The average Bonchev–Trinajstić information content (AvgIpc) is 2.38. The Labute approximate surface area is 114 Å². The first-order valence-corrected chi connectivity index (χ1v) is 6.98. The van der Waals surface area contributed by atoms with Crippen LogP contribution < -0.4 is 16.4 Å². The van der Waals surface area contributed by atoms with Crippen LogP contribution in [-0.4, -0.2) is 12.6 Å². The summed E-state index contributed by atoms with van der Waals surface area (Å²) >= 11 is 0. The number of anilines is 2. The van der Waals surface area contributed by atoms with Crippen molar-refractivity contribution in [2.45, 2.75) is 39.0 Å². The zero-order chi connectivity index (χ0) is 13.7. The molecule has 1 aromatic carbocycles. The monoisotopic (exact) mass is 261 g/mol. The number of hydrogen-bond donors (Lipinski definition) is 3. The molecule has 0 aliphatic heterocycles. The van der Waals surface area contributed by atoms with Gasteiger partial charge in [0.15, 0.2) is 0 Å². The summed E-state index contributed by atoms with van der Waals surface area (Å²) in [5.74, 6) is 0. The highest BCUT2D eigenvalue weighted by Gasteiger charge is 2.26. The van der Waals surface area contributed by atoms with Gasteiger partial charge in [-0.3, -0.25) is 0 Å². The van der Waals surface area contributed by atoms with Crippen LogP contribution in [0.1, 0.15) is 39.0 Å². The molecule has 0 aromatic heterocycles. The van der Waals surface area contributed by atoms with E-state index in [4.69, 9.17) is 5.73 Å². The molecule has 104 valence electrons. The van der Waals surface area contributed by atoms with Crippen molar-refractivity contribution >= 4 is 17.4 Å². The highest BCUT2D eigenvalue weighted by atomic mass is 16.2. The molecule has 1 saturated carbocycles. The summed E-state index contributed by atoms with van der Waals surface area (Å²) in [4.78, 5) is 11.8. The van der Waals surface area contributed by atoms with E-state index in [1.165, 1.54) is 32.1 Å². The van der Waals surface area contributed by atoms with Crippen LogP contribution in [0.2, 0.25) is 0 Å². The number of carbonyl (C=O) groups is 1. The Morgan fingerprint density at radius 2 is 2.05 bits per heavy atom. The summed E-state index contributed by atoms with van der Waals surface area (Å²) in [6.07, 6.45) is 6.27. The molecule has 0 heterocycles. The lowest BCUT2D eigenvalue weighted by molar-refractivity contribution is 0.204. The number of urea groups is 1. The lowest BCUT2D eigenvalue weighted by Crippen LogP contribution is -2.39. The third kappa shape index (κ3) is 4.16. The molecule has 4 nitrogen and oxygen atoms in total. The van der Waals surface area contributed by atoms with Crippen LogP contribution in [0.15, 0.2) is 24.3 Å². The normalized spacial score (nSPS) is 17.7. The van der Waals surface area contributed by atoms with Crippen LogP contribution in [0.4, 0.5) is 16.2 Å². The number of nitrogen functional groups attached to an aromatic ring is 1. The van der Waals surface area contributed by atoms with Crippen molar-refractivity contribution in [3.8, 4) is 0 Å². The molecule has 0 atom stereocenters. The van der Waals surface area contributed by atoms with E-state index < -0.39 is 0 Å². The summed E-state index contributed by atoms with van der Waals surface area (Å²) < 4.78 is 0. The average molecular weight is 261 g/mol. The topological polar surface area (TPSA) is 67.2 Å². The van der Waals surface area contributed by atoms with E-state index in [0.29, 0.717) is 5.69 Å². The third-order valence-corrected chi connectivity index (χ3v) is 3.88. The molecule has 2 rings (SSSR count). The molecule has 19 heavy (non-hydrogen) atoms. The first-order valence-electron chi connectivity index (χ1n) is 6.98. The maximum absolute atomic E-state index is 11.8. The summed E-state index contributed by atoms with van der Waals surface area (Å²) in [6, 6.07) is 7.05. The largest absolute Gasteiger partial charge is 0.399 e. The Morgan fingerprint density at radius 3 is 2.74 bits per heavy atom. The second-order valence-corrected chi connectivity index (χ2v) is 5.80. The van der Waals surface area contributed by atoms with Crippen molar-refractivity contribution in [3.63, 3.8) is 0 Å². The maximum Gasteiger partial charge on any atom is 0.319 e. The van der Waals surface area contributed by atoms with Crippen molar-refractivity contribution in [2.24, 2.45) is 5.41 Å². The van der Waals surface area contributed by atoms with Gasteiger partial charge in [-0.15, -0.1) is 0 Å². The van der Waals surface area contributed by atoms with Gasteiger partial charge in [-0.1, -0.05) is 32.3 Å². The van der Waals surface area contributed by atoms with Gasteiger partial charge in [-0.25, -0.2) is 4.79 Å². The number of amides is 2. The van der Waals surface area contributed by atoms with Gasteiger partial charge in [0.1, 0.15) is 0 Å². The highest BCUT2D eigenvalue weighted by molar-refractivity contribution is 5.89. The van der Waals surface area contributed by atoms with Gasteiger partial charge in [-0.05, 0) is 36.5 Å². The lowest BCUT2D eigenvalue weighted by atomic mass is 9.76. The van der Waals surface area contributed by atoms with Gasteiger partial charge < -0.3 is 16.4 Å². The molecule has 2 amide bonds. The van der Waals surface area contributed by atoms with Crippen LogP contribution in [-0.2, 0) is 0 Å². The molecule has 1 aromatic rings. The molecule has 0 saturated heterocycles. The predicted molar refractivity (Wildman–Crippen MR) is 79.1 cm³/mol. The summed E-state index contributed by atoms with van der Waals surface area (Å²) in [5.41, 5.74) is 7.31. The Balaban J connectivity index is 1.81. The lowest BCUT2D eigenvalue weighted by Gasteiger charge is -2.33. The Morgan fingerprint density at radius 1 is 1.32 bits per heavy atom. The number of benzene rings is 1. The molecule has 0 spiro atoms. The summed E-state index contributed by atoms with van der Waals surface area (Å²) in [6.45, 7) is 2.99. The van der Waals surface area contributed by atoms with Crippen molar-refractivity contribution < 1.29 is 4.79 Å². The highest BCUT2D eigenvalue weighted by Crippen LogP contribution is 2.34. The minimum atomic E-state index is -0.155. The molecule has 4 heteroatoms. The molecule has 1 aliphatic carbocycles. The second kappa shape index (κ2) is 5.95. The van der Waals surface area contributed by atoms with Crippen LogP contribution in [0.3, 0.4) is 0 Å². The molecule has 4 N–H and O–H groups in total. The quantitative estimate of drug-likeness (QED) is 0.730. The van der Waals surface area contributed by atoms with Crippen LogP contribution >= 0.6 is 0 Å². The van der Waals surface area contributed by atoms with Gasteiger partial charge >= 0.3 is 6.03 Å². The predicted octanol–water partition coefficient (Wildman–Crippen LogP) is 3.36. The summed E-state index contributed by atoms with van der Waals surface area (Å²) in [5, 5.41) is 5.78. The van der Waals surface area contributed by atoms with Crippen molar-refractivity contribution in [3.05, 3.63) is 24.3 Å². The van der Waals surface area contributed by atoms with Gasteiger partial charge in [0.25, 0.3) is 0 Å². The number of carbonyl (C=O) groups excluding carboxylic acids is 1. The van der Waals surface area contributed by atoms with Gasteiger partial charge in [-0.2, -0.15) is 0 Å². The van der Waals surface area contributed by atoms with E-state index in [9.17, 15) is 4.79 Å².